The number of nitrogens with two attached hydrogens (primary N) is 1. The predicted octanol–water partition coefficient (Wildman–Crippen LogP) is 0.0182. The highest BCUT2D eigenvalue weighted by molar-refractivity contribution is 7.98. The van der Waals surface area contributed by atoms with Gasteiger partial charge in [-0.15, -0.1) is 10.2 Å². The van der Waals surface area contributed by atoms with E-state index >= 15 is 0 Å². The molecule has 0 amide bonds. The van der Waals surface area contributed by atoms with Gasteiger partial charge in [-0.2, -0.15) is 0 Å². The van der Waals surface area contributed by atoms with Gasteiger partial charge in [0.15, 0.2) is 0 Å². The third-order valence-electron chi connectivity index (χ3n) is 2.18. The van der Waals surface area contributed by atoms with Crippen LogP contribution in [0.5, 0.6) is 0 Å². The molecule has 0 radical (unpaired) electrons. The van der Waals surface area contributed by atoms with E-state index in [1.807, 2.05) is 6.26 Å². The Bertz CT molecular complexity index is 292. The second-order valence-electron chi connectivity index (χ2n) is 3.05. The van der Waals surface area contributed by atoms with Gasteiger partial charge in [-0.05, 0) is 6.26 Å². The van der Waals surface area contributed by atoms with Gasteiger partial charge < -0.3 is 14.9 Å². The van der Waals surface area contributed by atoms with Crippen LogP contribution < -0.4 is 5.73 Å². The molecule has 13 heavy (non-hydrogen) atoms. The van der Waals surface area contributed by atoms with Crippen molar-refractivity contribution in [1.29, 1.82) is 0 Å². The molecule has 0 aromatic carbocycles. The highest BCUT2D eigenvalue weighted by Gasteiger charge is 2.44. The molecular weight excluding hydrogens is 190 g/mol. The maximum Gasteiger partial charge on any atom is 0.276 e. The summed E-state index contributed by atoms with van der Waals surface area (Å²) in [5.74, 6) is 0.602. The zero-order valence-corrected chi connectivity index (χ0v) is 8.13. The Kier molecular flexibility index (Phi) is 2.27. The largest absolute Gasteiger partial charge is 0.415 e. The summed E-state index contributed by atoms with van der Waals surface area (Å²) in [5.41, 5.74) is 5.42. The Morgan fingerprint density at radius 1 is 1.54 bits per heavy atom. The van der Waals surface area contributed by atoms with Gasteiger partial charge in [-0.25, -0.2) is 0 Å². The van der Waals surface area contributed by atoms with Crippen LogP contribution in [0.3, 0.4) is 0 Å². The number of thioether (sulfide) groups is 1. The summed E-state index contributed by atoms with van der Waals surface area (Å²) in [6.45, 7) is 1.65. The van der Waals surface area contributed by atoms with Crippen LogP contribution in [0, 0.1) is 0 Å². The molecule has 2 N–H and O–H groups in total. The molecule has 1 aromatic heterocycles. The summed E-state index contributed by atoms with van der Waals surface area (Å²) in [6.07, 6.45) is 1.89. The molecule has 5 nitrogen and oxygen atoms in total. The fourth-order valence-electron chi connectivity index (χ4n) is 1.18. The lowest BCUT2D eigenvalue weighted by molar-refractivity contribution is -0.0686. The molecule has 0 aliphatic carbocycles. The third kappa shape index (κ3) is 1.34. The molecular formula is C7H11N3O2S. The lowest BCUT2D eigenvalue weighted by Gasteiger charge is -2.36. The summed E-state index contributed by atoms with van der Waals surface area (Å²) < 4.78 is 10.5. The molecule has 0 saturated carbocycles. The minimum absolute atomic E-state index is 0.221. The monoisotopic (exact) mass is 201 g/mol. The van der Waals surface area contributed by atoms with E-state index in [0.717, 1.165) is 0 Å². The van der Waals surface area contributed by atoms with E-state index in [9.17, 15) is 0 Å². The highest BCUT2D eigenvalue weighted by atomic mass is 32.2. The first-order valence-electron chi connectivity index (χ1n) is 3.96. The van der Waals surface area contributed by atoms with Gasteiger partial charge in [-0.3, -0.25) is 0 Å². The van der Waals surface area contributed by atoms with Crippen molar-refractivity contribution in [3.05, 3.63) is 5.89 Å². The Hall–Kier alpha value is -0.590. The van der Waals surface area contributed by atoms with E-state index < -0.39 is 0 Å². The summed E-state index contributed by atoms with van der Waals surface area (Å²) in [6, 6.07) is 0. The lowest BCUT2D eigenvalue weighted by Crippen LogP contribution is -2.52. The number of ether oxygens (including phenoxy) is 1. The van der Waals surface area contributed by atoms with E-state index in [1.165, 1.54) is 11.8 Å². The molecule has 1 saturated heterocycles. The number of hydrogen-bond donors (Lipinski definition) is 1. The van der Waals surface area contributed by atoms with E-state index in [-0.39, 0.29) is 5.41 Å². The Balaban J connectivity index is 2.23. The molecule has 1 aliphatic rings. The van der Waals surface area contributed by atoms with E-state index in [4.69, 9.17) is 14.9 Å². The molecule has 1 fully saturated rings. The highest BCUT2D eigenvalue weighted by Crippen LogP contribution is 2.31. The van der Waals surface area contributed by atoms with Crippen molar-refractivity contribution in [2.75, 3.05) is 26.0 Å². The molecule has 0 atom stereocenters. The average Bonchev–Trinajstić information content (AvgIpc) is 2.52. The lowest BCUT2D eigenvalue weighted by atomic mass is 9.86. The molecule has 0 bridgehead atoms. The topological polar surface area (TPSA) is 74.2 Å². The van der Waals surface area contributed by atoms with Crippen molar-refractivity contribution in [2.45, 2.75) is 10.6 Å². The summed E-state index contributed by atoms with van der Waals surface area (Å²) in [4.78, 5) is 0. The van der Waals surface area contributed by atoms with E-state index in [0.29, 0.717) is 30.9 Å². The zero-order chi connectivity index (χ0) is 9.31. The van der Waals surface area contributed by atoms with Crippen LogP contribution in [0.25, 0.3) is 0 Å². The van der Waals surface area contributed by atoms with Crippen molar-refractivity contribution in [2.24, 2.45) is 5.73 Å². The van der Waals surface area contributed by atoms with E-state index in [2.05, 4.69) is 10.2 Å². The van der Waals surface area contributed by atoms with Crippen molar-refractivity contribution < 1.29 is 9.15 Å². The first kappa shape index (κ1) is 8.98. The van der Waals surface area contributed by atoms with Gasteiger partial charge in [0.2, 0.25) is 5.89 Å². The summed E-state index contributed by atoms with van der Waals surface area (Å²) in [7, 11) is 0. The maximum atomic E-state index is 5.64. The standard InChI is InChI=1S/C7H11N3O2S/c1-13-6-10-9-5(12-6)7(2-8)3-11-4-7/h2-4,8H2,1H3. The molecule has 0 spiro atoms. The van der Waals surface area contributed by atoms with Gasteiger partial charge in [0, 0.05) is 6.54 Å². The van der Waals surface area contributed by atoms with Crippen LogP contribution in [-0.4, -0.2) is 36.2 Å². The van der Waals surface area contributed by atoms with Crippen LogP contribution in [0.1, 0.15) is 5.89 Å². The van der Waals surface area contributed by atoms with Gasteiger partial charge in [0.25, 0.3) is 5.22 Å². The van der Waals surface area contributed by atoms with Crippen LogP contribution in [0.15, 0.2) is 9.64 Å². The van der Waals surface area contributed by atoms with Crippen LogP contribution >= 0.6 is 11.8 Å². The van der Waals surface area contributed by atoms with E-state index in [1.54, 1.807) is 0 Å². The van der Waals surface area contributed by atoms with Crippen molar-refractivity contribution in [3.8, 4) is 0 Å². The quantitative estimate of drug-likeness (QED) is 0.695. The van der Waals surface area contributed by atoms with Crippen LogP contribution in [0.2, 0.25) is 0 Å². The normalized spacial score (nSPS) is 19.8. The van der Waals surface area contributed by atoms with Crippen molar-refractivity contribution in [1.82, 2.24) is 10.2 Å². The fourth-order valence-corrected chi connectivity index (χ4v) is 1.47. The Morgan fingerprint density at radius 2 is 2.31 bits per heavy atom. The zero-order valence-electron chi connectivity index (χ0n) is 7.32. The number of hydrogen-bond acceptors (Lipinski definition) is 6. The second kappa shape index (κ2) is 3.28. The fraction of sp³-hybridized carbons (Fsp3) is 0.714. The van der Waals surface area contributed by atoms with Crippen LogP contribution in [0.4, 0.5) is 0 Å². The average molecular weight is 201 g/mol. The SMILES string of the molecule is CSc1nnc(C2(CN)COC2)o1. The molecule has 2 heterocycles. The van der Waals surface area contributed by atoms with Crippen molar-refractivity contribution >= 4 is 11.8 Å². The summed E-state index contributed by atoms with van der Waals surface area (Å²) >= 11 is 1.43. The number of nitrogens with zero attached hydrogens (tertiary/aromatic N) is 2. The van der Waals surface area contributed by atoms with Gasteiger partial charge >= 0.3 is 0 Å². The Labute approximate surface area is 80.0 Å². The predicted molar refractivity (Wildman–Crippen MR) is 47.6 cm³/mol. The number of rotatable bonds is 3. The smallest absolute Gasteiger partial charge is 0.276 e. The molecule has 72 valence electrons. The van der Waals surface area contributed by atoms with Gasteiger partial charge in [-0.1, -0.05) is 11.8 Å². The molecule has 1 aliphatic heterocycles. The van der Waals surface area contributed by atoms with Crippen LogP contribution in [-0.2, 0) is 10.2 Å². The first-order chi connectivity index (χ1) is 6.30. The molecule has 2 rings (SSSR count). The minimum Gasteiger partial charge on any atom is -0.415 e. The second-order valence-corrected chi connectivity index (χ2v) is 3.81. The first-order valence-corrected chi connectivity index (χ1v) is 5.19. The summed E-state index contributed by atoms with van der Waals surface area (Å²) in [5, 5.41) is 8.40. The third-order valence-corrected chi connectivity index (χ3v) is 2.70. The molecule has 0 unspecified atom stereocenters. The minimum atomic E-state index is -0.221. The Morgan fingerprint density at radius 3 is 2.69 bits per heavy atom. The molecule has 6 heteroatoms. The van der Waals surface area contributed by atoms with Gasteiger partial charge in [0.1, 0.15) is 5.41 Å². The van der Waals surface area contributed by atoms with Gasteiger partial charge in [0.05, 0.1) is 13.2 Å². The van der Waals surface area contributed by atoms with Crippen molar-refractivity contribution in [3.63, 3.8) is 0 Å². The molecule has 1 aromatic rings. The number of aromatic nitrogens is 2. The maximum absolute atomic E-state index is 5.64.